The molecule has 0 atom stereocenters. The second kappa shape index (κ2) is 9.35. The van der Waals surface area contributed by atoms with Crippen LogP contribution in [0.25, 0.3) is 17.2 Å². The molecule has 0 spiro atoms. The standard InChI is InChI=1S/C25H20N2O6/c28-24(29)21-11-5-13-23(27(31)32)20(21)12-6-14-26-25(30)33-15-22-18-9-3-1-7-16(18)17-8-2-4-10-19(17)22/h1-13,22H,14-15H2,(H,26,30)(H,28,29). The van der Waals surface area contributed by atoms with Crippen molar-refractivity contribution in [3.8, 4) is 11.1 Å². The number of ether oxygens (including phenoxy) is 1. The van der Waals surface area contributed by atoms with Crippen LogP contribution in [0.2, 0.25) is 0 Å². The van der Waals surface area contributed by atoms with E-state index < -0.39 is 17.0 Å². The molecule has 1 aliphatic carbocycles. The number of nitrogens with one attached hydrogen (secondary N) is 1. The van der Waals surface area contributed by atoms with Gasteiger partial charge in [0.1, 0.15) is 6.61 Å². The number of rotatable bonds is 7. The highest BCUT2D eigenvalue weighted by Crippen LogP contribution is 2.44. The van der Waals surface area contributed by atoms with E-state index in [0.717, 1.165) is 22.3 Å². The number of carbonyl (C=O) groups is 2. The molecular weight excluding hydrogens is 424 g/mol. The van der Waals surface area contributed by atoms with Crippen LogP contribution in [0, 0.1) is 10.1 Å². The minimum atomic E-state index is -1.28. The largest absolute Gasteiger partial charge is 0.478 e. The Kier molecular flexibility index (Phi) is 6.17. The van der Waals surface area contributed by atoms with Crippen molar-refractivity contribution in [1.29, 1.82) is 0 Å². The fourth-order valence-corrected chi connectivity index (χ4v) is 4.04. The molecule has 0 radical (unpaired) electrons. The molecule has 0 saturated heterocycles. The highest BCUT2D eigenvalue weighted by Gasteiger charge is 2.29. The lowest BCUT2D eigenvalue weighted by Crippen LogP contribution is -2.26. The predicted molar refractivity (Wildman–Crippen MR) is 122 cm³/mol. The first kappa shape index (κ1) is 21.8. The summed E-state index contributed by atoms with van der Waals surface area (Å²) in [6.45, 7) is 0.179. The molecule has 33 heavy (non-hydrogen) atoms. The van der Waals surface area contributed by atoms with Gasteiger partial charge in [-0.15, -0.1) is 0 Å². The molecular formula is C25H20N2O6. The van der Waals surface area contributed by atoms with E-state index in [0.29, 0.717) is 0 Å². The second-order valence-electron chi connectivity index (χ2n) is 7.41. The molecule has 3 aromatic carbocycles. The zero-order valence-corrected chi connectivity index (χ0v) is 17.4. The van der Waals surface area contributed by atoms with Gasteiger partial charge in [0.15, 0.2) is 0 Å². The smallest absolute Gasteiger partial charge is 0.407 e. The Morgan fingerprint density at radius 1 is 1.00 bits per heavy atom. The Morgan fingerprint density at radius 3 is 2.24 bits per heavy atom. The van der Waals surface area contributed by atoms with Crippen molar-refractivity contribution in [2.45, 2.75) is 5.92 Å². The number of benzene rings is 3. The number of carboxylic acids is 1. The summed E-state index contributed by atoms with van der Waals surface area (Å²) in [5.41, 5.74) is 3.90. The molecule has 4 rings (SSSR count). The van der Waals surface area contributed by atoms with Crippen molar-refractivity contribution in [2.75, 3.05) is 13.2 Å². The van der Waals surface area contributed by atoms with E-state index in [2.05, 4.69) is 5.32 Å². The molecule has 0 aromatic heterocycles. The maximum atomic E-state index is 12.2. The number of amides is 1. The molecule has 166 valence electrons. The van der Waals surface area contributed by atoms with E-state index in [1.54, 1.807) is 0 Å². The van der Waals surface area contributed by atoms with Gasteiger partial charge in [0.25, 0.3) is 5.69 Å². The van der Waals surface area contributed by atoms with Gasteiger partial charge in [-0.25, -0.2) is 9.59 Å². The number of fused-ring (bicyclic) bond motifs is 3. The molecule has 2 N–H and O–H groups in total. The Hall–Kier alpha value is -4.46. The number of carbonyl (C=O) groups excluding carboxylic acids is 1. The number of nitro groups is 1. The maximum Gasteiger partial charge on any atom is 0.407 e. The molecule has 0 fully saturated rings. The molecule has 0 aliphatic heterocycles. The Bertz CT molecular complexity index is 1190. The SMILES string of the molecule is O=C(NCC=Cc1c(C(=O)O)cccc1[N+](=O)[O-])OCC1c2ccccc2-c2ccccc21. The molecule has 0 bridgehead atoms. The van der Waals surface area contributed by atoms with Crippen molar-refractivity contribution in [3.05, 3.63) is 105 Å². The number of aromatic carboxylic acids is 1. The van der Waals surface area contributed by atoms with Crippen molar-refractivity contribution in [2.24, 2.45) is 0 Å². The number of hydrogen-bond donors (Lipinski definition) is 2. The number of alkyl carbamates (subject to hydrolysis) is 1. The minimum absolute atomic E-state index is 0.0157. The zero-order chi connectivity index (χ0) is 23.4. The third-order valence-corrected chi connectivity index (χ3v) is 5.50. The van der Waals surface area contributed by atoms with Gasteiger partial charge < -0.3 is 15.2 Å². The minimum Gasteiger partial charge on any atom is -0.478 e. The number of hydrogen-bond acceptors (Lipinski definition) is 5. The molecule has 1 amide bonds. The first-order chi connectivity index (χ1) is 16.0. The molecule has 0 heterocycles. The van der Waals surface area contributed by atoms with Crippen LogP contribution in [-0.4, -0.2) is 35.2 Å². The fourth-order valence-electron chi connectivity index (χ4n) is 4.04. The van der Waals surface area contributed by atoms with E-state index in [-0.39, 0.29) is 35.9 Å². The van der Waals surface area contributed by atoms with E-state index >= 15 is 0 Å². The summed E-state index contributed by atoms with van der Waals surface area (Å²) in [4.78, 5) is 34.2. The Labute approximate surface area is 189 Å². The van der Waals surface area contributed by atoms with Gasteiger partial charge in [0, 0.05) is 18.5 Å². The van der Waals surface area contributed by atoms with E-state index in [4.69, 9.17) is 4.74 Å². The lowest BCUT2D eigenvalue weighted by Gasteiger charge is -2.14. The van der Waals surface area contributed by atoms with Gasteiger partial charge in [-0.05, 0) is 34.4 Å². The quantitative estimate of drug-likeness (QED) is 0.397. The van der Waals surface area contributed by atoms with E-state index in [9.17, 15) is 24.8 Å². The lowest BCUT2D eigenvalue weighted by molar-refractivity contribution is -0.385. The lowest BCUT2D eigenvalue weighted by atomic mass is 9.98. The summed E-state index contributed by atoms with van der Waals surface area (Å²) >= 11 is 0. The summed E-state index contributed by atoms with van der Waals surface area (Å²) in [7, 11) is 0. The average molecular weight is 444 g/mol. The number of carboxylic acid groups (broad SMARTS) is 1. The average Bonchev–Trinajstić information content (AvgIpc) is 3.14. The highest BCUT2D eigenvalue weighted by atomic mass is 16.6. The summed E-state index contributed by atoms with van der Waals surface area (Å²) < 4.78 is 5.43. The van der Waals surface area contributed by atoms with Crippen LogP contribution in [0.3, 0.4) is 0 Å². The van der Waals surface area contributed by atoms with Crippen molar-refractivity contribution < 1.29 is 24.4 Å². The van der Waals surface area contributed by atoms with Gasteiger partial charge in [-0.3, -0.25) is 10.1 Å². The molecule has 0 saturated carbocycles. The summed E-state index contributed by atoms with van der Waals surface area (Å²) in [5, 5.41) is 23.1. The van der Waals surface area contributed by atoms with Crippen LogP contribution in [-0.2, 0) is 4.74 Å². The van der Waals surface area contributed by atoms with Crippen molar-refractivity contribution in [3.63, 3.8) is 0 Å². The van der Waals surface area contributed by atoms with Crippen LogP contribution in [0.4, 0.5) is 10.5 Å². The van der Waals surface area contributed by atoms with Crippen molar-refractivity contribution >= 4 is 23.8 Å². The highest BCUT2D eigenvalue weighted by molar-refractivity contribution is 5.94. The van der Waals surface area contributed by atoms with Gasteiger partial charge in [0.2, 0.25) is 0 Å². The normalized spacial score (nSPS) is 12.2. The topological polar surface area (TPSA) is 119 Å². The van der Waals surface area contributed by atoms with Gasteiger partial charge in [-0.2, -0.15) is 0 Å². The first-order valence-electron chi connectivity index (χ1n) is 10.2. The first-order valence-corrected chi connectivity index (χ1v) is 10.2. The van der Waals surface area contributed by atoms with Crippen molar-refractivity contribution in [1.82, 2.24) is 5.32 Å². The number of nitro benzene ring substituents is 1. The van der Waals surface area contributed by atoms with Crippen LogP contribution >= 0.6 is 0 Å². The van der Waals surface area contributed by atoms with Crippen LogP contribution in [0.1, 0.15) is 33.0 Å². The van der Waals surface area contributed by atoms with Crippen LogP contribution < -0.4 is 5.32 Å². The monoisotopic (exact) mass is 444 g/mol. The van der Waals surface area contributed by atoms with Gasteiger partial charge >= 0.3 is 12.1 Å². The Balaban J connectivity index is 1.39. The summed E-state index contributed by atoms with van der Waals surface area (Å²) in [6, 6.07) is 19.8. The van der Waals surface area contributed by atoms with Gasteiger partial charge in [0.05, 0.1) is 16.1 Å². The molecule has 8 heteroatoms. The molecule has 1 aliphatic rings. The molecule has 0 unspecified atom stereocenters. The third kappa shape index (κ3) is 4.45. The summed E-state index contributed by atoms with van der Waals surface area (Å²) in [5.74, 6) is -1.34. The molecule has 3 aromatic rings. The summed E-state index contributed by atoms with van der Waals surface area (Å²) in [6.07, 6.45) is 2.11. The van der Waals surface area contributed by atoms with Gasteiger partial charge in [-0.1, -0.05) is 60.7 Å². The van der Waals surface area contributed by atoms with E-state index in [1.165, 1.54) is 30.4 Å². The maximum absolute atomic E-state index is 12.2. The third-order valence-electron chi connectivity index (χ3n) is 5.50. The van der Waals surface area contributed by atoms with Crippen LogP contribution in [0.15, 0.2) is 72.8 Å². The fraction of sp³-hybridized carbons (Fsp3) is 0.120. The Morgan fingerprint density at radius 2 is 1.64 bits per heavy atom. The number of nitrogens with zero attached hydrogens (tertiary/aromatic N) is 1. The predicted octanol–water partition coefficient (Wildman–Crippen LogP) is 4.84. The zero-order valence-electron chi connectivity index (χ0n) is 17.4. The second-order valence-corrected chi connectivity index (χ2v) is 7.41. The molecule has 8 nitrogen and oxygen atoms in total. The van der Waals surface area contributed by atoms with E-state index in [1.807, 2.05) is 48.5 Å². The van der Waals surface area contributed by atoms with Crippen LogP contribution in [0.5, 0.6) is 0 Å².